The first-order chi connectivity index (χ1) is 6.85. The minimum atomic E-state index is -0.304. The molecular formula is C12H16O2. The lowest BCUT2D eigenvalue weighted by atomic mass is 10.0. The van der Waals surface area contributed by atoms with E-state index >= 15 is 0 Å². The van der Waals surface area contributed by atoms with E-state index in [9.17, 15) is 5.11 Å². The van der Waals surface area contributed by atoms with Crippen molar-refractivity contribution in [3.8, 4) is 5.75 Å². The van der Waals surface area contributed by atoms with E-state index in [1.807, 2.05) is 30.3 Å². The number of rotatable bonds is 3. The molecule has 14 heavy (non-hydrogen) atoms. The van der Waals surface area contributed by atoms with Gasteiger partial charge in [0.25, 0.3) is 0 Å². The first-order valence-corrected chi connectivity index (χ1v) is 5.20. The smallest absolute Gasteiger partial charge is 0.132 e. The van der Waals surface area contributed by atoms with Crippen LogP contribution in [0.15, 0.2) is 30.3 Å². The zero-order valence-electron chi connectivity index (χ0n) is 8.28. The molecule has 0 radical (unpaired) electrons. The topological polar surface area (TPSA) is 29.5 Å². The second kappa shape index (κ2) is 4.01. The van der Waals surface area contributed by atoms with Gasteiger partial charge in [0.2, 0.25) is 0 Å². The molecule has 1 fully saturated rings. The number of ether oxygens (including phenoxy) is 1. The minimum Gasteiger partial charge on any atom is -0.485 e. The molecule has 1 saturated carbocycles. The van der Waals surface area contributed by atoms with E-state index < -0.39 is 0 Å². The Bertz CT molecular complexity index is 276. The van der Waals surface area contributed by atoms with Crippen molar-refractivity contribution in [3.63, 3.8) is 0 Å². The molecule has 0 aliphatic heterocycles. The molecule has 1 aromatic rings. The maximum Gasteiger partial charge on any atom is 0.132 e. The maximum absolute atomic E-state index is 9.35. The summed E-state index contributed by atoms with van der Waals surface area (Å²) >= 11 is 0. The molecule has 0 bridgehead atoms. The SMILES string of the molecule is OCC1(Oc2ccccc2)CCCC1. The molecule has 0 spiro atoms. The molecule has 1 aliphatic carbocycles. The third-order valence-electron chi connectivity index (χ3n) is 2.88. The molecule has 0 unspecified atom stereocenters. The predicted octanol–water partition coefficient (Wildman–Crippen LogP) is 2.37. The molecular weight excluding hydrogens is 176 g/mol. The average Bonchev–Trinajstić information content (AvgIpc) is 2.69. The Kier molecular flexibility index (Phi) is 2.73. The standard InChI is InChI=1S/C12H16O2/c13-10-12(8-4-5-9-12)14-11-6-2-1-3-7-11/h1-3,6-7,13H,4-5,8-10H2. The van der Waals surface area contributed by atoms with Gasteiger partial charge in [-0.05, 0) is 37.8 Å². The monoisotopic (exact) mass is 192 g/mol. The summed E-state index contributed by atoms with van der Waals surface area (Å²) < 4.78 is 5.86. The lowest BCUT2D eigenvalue weighted by molar-refractivity contribution is 0.0152. The summed E-state index contributed by atoms with van der Waals surface area (Å²) in [4.78, 5) is 0. The van der Waals surface area contributed by atoms with E-state index in [4.69, 9.17) is 4.74 Å². The van der Waals surface area contributed by atoms with Crippen molar-refractivity contribution in [3.05, 3.63) is 30.3 Å². The summed E-state index contributed by atoms with van der Waals surface area (Å²) in [7, 11) is 0. The van der Waals surface area contributed by atoms with Gasteiger partial charge in [0.05, 0.1) is 6.61 Å². The van der Waals surface area contributed by atoms with E-state index in [2.05, 4.69) is 0 Å². The van der Waals surface area contributed by atoms with Gasteiger partial charge >= 0.3 is 0 Å². The highest BCUT2D eigenvalue weighted by molar-refractivity contribution is 5.22. The summed E-state index contributed by atoms with van der Waals surface area (Å²) in [5.41, 5.74) is -0.304. The van der Waals surface area contributed by atoms with Crippen molar-refractivity contribution in [1.29, 1.82) is 0 Å². The normalized spacial score (nSPS) is 19.5. The first kappa shape index (κ1) is 9.53. The highest BCUT2D eigenvalue weighted by Crippen LogP contribution is 2.33. The van der Waals surface area contributed by atoms with Crippen LogP contribution in [0.2, 0.25) is 0 Å². The maximum atomic E-state index is 9.35. The lowest BCUT2D eigenvalue weighted by Crippen LogP contribution is -2.36. The summed E-state index contributed by atoms with van der Waals surface area (Å²) in [6, 6.07) is 9.75. The van der Waals surface area contributed by atoms with Crippen LogP contribution in [0.25, 0.3) is 0 Å². The fraction of sp³-hybridized carbons (Fsp3) is 0.500. The highest BCUT2D eigenvalue weighted by atomic mass is 16.5. The van der Waals surface area contributed by atoms with Gasteiger partial charge in [-0.25, -0.2) is 0 Å². The summed E-state index contributed by atoms with van der Waals surface area (Å²) in [5, 5.41) is 9.35. The number of benzene rings is 1. The molecule has 2 rings (SSSR count). The van der Waals surface area contributed by atoms with Crippen molar-refractivity contribution >= 4 is 0 Å². The van der Waals surface area contributed by atoms with Crippen LogP contribution in [0, 0.1) is 0 Å². The quantitative estimate of drug-likeness (QED) is 0.796. The number of hydrogen-bond donors (Lipinski definition) is 1. The van der Waals surface area contributed by atoms with Gasteiger partial charge in [0.1, 0.15) is 11.4 Å². The van der Waals surface area contributed by atoms with Crippen molar-refractivity contribution in [2.75, 3.05) is 6.61 Å². The van der Waals surface area contributed by atoms with Crippen molar-refractivity contribution < 1.29 is 9.84 Å². The Morgan fingerprint density at radius 2 is 1.79 bits per heavy atom. The summed E-state index contributed by atoms with van der Waals surface area (Å²) in [6.07, 6.45) is 4.26. The van der Waals surface area contributed by atoms with Crippen molar-refractivity contribution in [2.24, 2.45) is 0 Å². The number of aliphatic hydroxyl groups excluding tert-OH is 1. The Labute approximate surface area is 84.5 Å². The second-order valence-electron chi connectivity index (χ2n) is 3.96. The third-order valence-corrected chi connectivity index (χ3v) is 2.88. The van der Waals surface area contributed by atoms with Crippen LogP contribution in [-0.4, -0.2) is 17.3 Å². The van der Waals surface area contributed by atoms with Gasteiger partial charge in [-0.1, -0.05) is 18.2 Å². The molecule has 1 aromatic carbocycles. The fourth-order valence-corrected chi connectivity index (χ4v) is 2.05. The first-order valence-electron chi connectivity index (χ1n) is 5.20. The molecule has 0 aromatic heterocycles. The fourth-order valence-electron chi connectivity index (χ4n) is 2.05. The number of hydrogen-bond acceptors (Lipinski definition) is 2. The van der Waals surface area contributed by atoms with Crippen LogP contribution >= 0.6 is 0 Å². The van der Waals surface area contributed by atoms with Gasteiger partial charge < -0.3 is 9.84 Å². The molecule has 76 valence electrons. The second-order valence-corrected chi connectivity index (χ2v) is 3.96. The molecule has 2 nitrogen and oxygen atoms in total. The molecule has 2 heteroatoms. The largest absolute Gasteiger partial charge is 0.485 e. The number of aliphatic hydroxyl groups is 1. The Hall–Kier alpha value is -1.02. The average molecular weight is 192 g/mol. The molecule has 0 atom stereocenters. The van der Waals surface area contributed by atoms with Gasteiger partial charge in [-0.15, -0.1) is 0 Å². The van der Waals surface area contributed by atoms with Crippen LogP contribution in [0.1, 0.15) is 25.7 Å². The van der Waals surface area contributed by atoms with Gasteiger partial charge in [-0.2, -0.15) is 0 Å². The number of para-hydroxylation sites is 1. The Morgan fingerprint density at radius 1 is 1.14 bits per heavy atom. The van der Waals surface area contributed by atoms with Crippen LogP contribution < -0.4 is 4.74 Å². The Morgan fingerprint density at radius 3 is 2.36 bits per heavy atom. The van der Waals surface area contributed by atoms with Crippen molar-refractivity contribution in [1.82, 2.24) is 0 Å². The molecule has 0 amide bonds. The zero-order valence-corrected chi connectivity index (χ0v) is 8.28. The lowest BCUT2D eigenvalue weighted by Gasteiger charge is -2.27. The van der Waals surface area contributed by atoms with E-state index in [-0.39, 0.29) is 12.2 Å². The zero-order chi connectivity index (χ0) is 9.86. The van der Waals surface area contributed by atoms with Gasteiger partial charge in [0.15, 0.2) is 0 Å². The van der Waals surface area contributed by atoms with Gasteiger partial charge in [0, 0.05) is 0 Å². The third kappa shape index (κ3) is 1.90. The van der Waals surface area contributed by atoms with E-state index in [1.54, 1.807) is 0 Å². The highest BCUT2D eigenvalue weighted by Gasteiger charge is 2.35. The minimum absolute atomic E-state index is 0.127. The molecule has 0 heterocycles. The van der Waals surface area contributed by atoms with Crippen LogP contribution in [0.5, 0.6) is 5.75 Å². The summed E-state index contributed by atoms with van der Waals surface area (Å²) in [6.45, 7) is 0.127. The van der Waals surface area contributed by atoms with Crippen molar-refractivity contribution in [2.45, 2.75) is 31.3 Å². The van der Waals surface area contributed by atoms with E-state index in [0.717, 1.165) is 31.4 Å². The predicted molar refractivity (Wildman–Crippen MR) is 55.4 cm³/mol. The van der Waals surface area contributed by atoms with Crippen LogP contribution in [0.3, 0.4) is 0 Å². The Balaban J connectivity index is 2.08. The van der Waals surface area contributed by atoms with Gasteiger partial charge in [-0.3, -0.25) is 0 Å². The summed E-state index contributed by atoms with van der Waals surface area (Å²) in [5.74, 6) is 0.864. The van der Waals surface area contributed by atoms with Crippen LogP contribution in [0.4, 0.5) is 0 Å². The molecule has 1 N–H and O–H groups in total. The van der Waals surface area contributed by atoms with E-state index in [1.165, 1.54) is 0 Å². The molecule has 1 aliphatic rings. The van der Waals surface area contributed by atoms with Crippen LogP contribution in [-0.2, 0) is 0 Å². The molecule has 0 saturated heterocycles. The van der Waals surface area contributed by atoms with E-state index in [0.29, 0.717) is 0 Å².